The van der Waals surface area contributed by atoms with E-state index in [4.69, 9.17) is 6.11 Å². The molecule has 1 saturated carbocycles. The van der Waals surface area contributed by atoms with Crippen LogP contribution in [0.3, 0.4) is 0 Å². The molecule has 0 spiro atoms. The molecule has 39 heavy (non-hydrogen) atoms. The van der Waals surface area contributed by atoms with Gasteiger partial charge in [0.2, 0.25) is 15.9 Å². The first-order chi connectivity index (χ1) is 19.1. The Balaban J connectivity index is 1.55. The summed E-state index contributed by atoms with van der Waals surface area (Å²) in [5.74, 6) is -0.587. The van der Waals surface area contributed by atoms with Crippen LogP contribution in [0.15, 0.2) is 54.6 Å². The maximum absolute atomic E-state index is 14.1. The highest BCUT2D eigenvalue weighted by Gasteiger charge is 2.53. The number of aryl methyl sites for hydroxylation is 2. The molecule has 0 saturated heterocycles. The molecule has 4 rings (SSSR count). The van der Waals surface area contributed by atoms with Crippen molar-refractivity contribution < 1.29 is 24.1 Å². The monoisotopic (exact) mass is 570 g/mol. The molecule has 1 aliphatic carbocycles. The van der Waals surface area contributed by atoms with Crippen molar-refractivity contribution >= 4 is 33.1 Å². The van der Waals surface area contributed by atoms with Gasteiger partial charge < -0.3 is 9.64 Å². The number of ether oxygens (including phenoxy) is 1. The van der Waals surface area contributed by atoms with Crippen LogP contribution in [0.4, 0.5) is 0 Å². The van der Waals surface area contributed by atoms with E-state index in [1.54, 1.807) is 19.1 Å². The van der Waals surface area contributed by atoms with Crippen LogP contribution in [0.1, 0.15) is 52.1 Å². The molecule has 3 aromatic rings. The number of ketones is 1. The minimum Gasteiger partial charge on any atom is -0.497 e. The molecule has 1 aliphatic rings. The van der Waals surface area contributed by atoms with E-state index in [9.17, 15) is 18.0 Å². The maximum atomic E-state index is 14.1. The van der Waals surface area contributed by atoms with Gasteiger partial charge in [0, 0.05) is 25.5 Å². The third-order valence-corrected chi connectivity index (χ3v) is 9.75. The van der Waals surface area contributed by atoms with Crippen molar-refractivity contribution in [3.63, 3.8) is 0 Å². The van der Waals surface area contributed by atoms with Crippen molar-refractivity contribution in [2.75, 3.05) is 33.5 Å². The van der Waals surface area contributed by atoms with E-state index >= 15 is 0 Å². The fourth-order valence-electron chi connectivity index (χ4n) is 4.60. The zero-order valence-corrected chi connectivity index (χ0v) is 24.2. The predicted molar refractivity (Wildman–Crippen MR) is 153 cm³/mol. The average Bonchev–Trinajstić information content (AvgIpc) is 3.65. The molecule has 0 N–H and O–H groups in total. The quantitative estimate of drug-likeness (QED) is 0.286. The number of carbonyl (C=O) groups is 2. The van der Waals surface area contributed by atoms with Crippen molar-refractivity contribution in [3.8, 4) is 5.75 Å². The van der Waals surface area contributed by atoms with Gasteiger partial charge in [0.1, 0.15) is 22.2 Å². The number of aromatic nitrogens is 1. The molecule has 208 valence electrons. The Kier molecular flexibility index (Phi) is 8.44. The molecule has 0 atom stereocenters. The number of sulfonamides is 1. The predicted octanol–water partition coefficient (Wildman–Crippen LogP) is 4.23. The van der Waals surface area contributed by atoms with Gasteiger partial charge in [-0.15, -0.1) is 11.3 Å². The lowest BCUT2D eigenvalue weighted by Crippen LogP contribution is -2.39. The Morgan fingerprint density at radius 2 is 1.79 bits per heavy atom. The highest BCUT2D eigenvalue weighted by molar-refractivity contribution is 7.89. The first-order valence-electron chi connectivity index (χ1n) is 13.5. The van der Waals surface area contributed by atoms with E-state index in [1.165, 1.54) is 31.0 Å². The number of benzene rings is 2. The van der Waals surface area contributed by atoms with E-state index in [2.05, 4.69) is 17.1 Å². The normalized spacial score (nSPS) is 14.6. The van der Waals surface area contributed by atoms with Crippen molar-refractivity contribution in [2.24, 2.45) is 0 Å². The Labute approximate surface area is 236 Å². The van der Waals surface area contributed by atoms with Crippen LogP contribution in [0.5, 0.6) is 5.75 Å². The smallest absolute Gasteiger partial charge is 0.233 e. The summed E-state index contributed by atoms with van der Waals surface area (Å²) >= 11 is 1.32. The number of methoxy groups -OCH3 is 1. The van der Waals surface area contributed by atoms with Gasteiger partial charge in [0.15, 0.2) is 5.78 Å². The number of Topliss-reactive ketones (excluding diaryl/α,β-unsaturated/α-hetero) is 1. The molecular weight excluding hydrogens is 534 g/mol. The average molecular weight is 571 g/mol. The molecule has 10 heteroatoms. The number of thiazole rings is 1. The van der Waals surface area contributed by atoms with Crippen molar-refractivity contribution in [1.29, 1.82) is 0 Å². The van der Waals surface area contributed by atoms with Gasteiger partial charge in [-0.05, 0) is 55.9 Å². The number of amides is 1. The van der Waals surface area contributed by atoms with Crippen molar-refractivity contribution in [1.82, 2.24) is 14.2 Å². The molecule has 0 radical (unpaired) electrons. The van der Waals surface area contributed by atoms with E-state index in [1.807, 2.05) is 35.2 Å². The summed E-state index contributed by atoms with van der Waals surface area (Å²) < 4.78 is 38.0. The molecule has 8 nitrogen and oxygen atoms in total. The molecule has 1 amide bonds. The lowest BCUT2D eigenvalue weighted by atomic mass is 9.94. The highest BCUT2D eigenvalue weighted by Crippen LogP contribution is 2.50. The Hall–Kier alpha value is -3.08. The second-order valence-corrected chi connectivity index (χ2v) is 13.5. The fourth-order valence-corrected chi connectivity index (χ4v) is 6.29. The Bertz CT molecular complexity index is 1440. The number of hydrogen-bond acceptors (Lipinski definition) is 7. The van der Waals surface area contributed by atoms with Crippen molar-refractivity contribution in [3.05, 3.63) is 81.3 Å². The number of rotatable bonds is 13. The number of carbonyl (C=O) groups excluding carboxylic acids is 2. The third kappa shape index (κ3) is 6.74. The van der Waals surface area contributed by atoms with E-state index in [0.29, 0.717) is 22.2 Å². The van der Waals surface area contributed by atoms with E-state index in [0.717, 1.165) is 35.6 Å². The fraction of sp³-hybridized carbons (Fsp3) is 0.414. The second-order valence-electron chi connectivity index (χ2n) is 10.0. The second kappa shape index (κ2) is 12.0. The lowest BCUT2D eigenvalue weighted by Gasteiger charge is -2.27. The SMILES string of the molecule is [2H]COc1ccc(C2(C(=O)N(CCCc3ccccc3)Cc3nc(C(=O)CS(=O)(=O)N(C)C)c(C)s3)CC2)cc1. The summed E-state index contributed by atoms with van der Waals surface area (Å²) in [4.78, 5) is 33.8. The van der Waals surface area contributed by atoms with Gasteiger partial charge in [-0.3, -0.25) is 9.59 Å². The van der Waals surface area contributed by atoms with Crippen LogP contribution in [0.25, 0.3) is 0 Å². The van der Waals surface area contributed by atoms with Gasteiger partial charge >= 0.3 is 0 Å². The minimum atomic E-state index is -3.71. The van der Waals surface area contributed by atoms with Crippen LogP contribution < -0.4 is 4.74 Å². The van der Waals surface area contributed by atoms with Gasteiger partial charge in [-0.1, -0.05) is 42.5 Å². The largest absolute Gasteiger partial charge is 0.497 e. The van der Waals surface area contributed by atoms with Gasteiger partial charge in [-0.2, -0.15) is 0 Å². The summed E-state index contributed by atoms with van der Waals surface area (Å²) in [6, 6.07) is 17.5. The van der Waals surface area contributed by atoms with E-state index < -0.39 is 27.0 Å². The third-order valence-electron chi connectivity index (χ3n) is 7.06. The highest BCUT2D eigenvalue weighted by atomic mass is 32.2. The van der Waals surface area contributed by atoms with Gasteiger partial charge in [-0.25, -0.2) is 17.7 Å². The molecular formula is C29H35N3O5S2. The molecule has 1 aromatic heterocycles. The first kappa shape index (κ1) is 27.5. The molecule has 1 heterocycles. The zero-order chi connectivity index (χ0) is 28.9. The Morgan fingerprint density at radius 3 is 2.41 bits per heavy atom. The summed E-state index contributed by atoms with van der Waals surface area (Å²) in [6.45, 7) is 2.52. The number of hydrogen-bond donors (Lipinski definition) is 0. The van der Waals surface area contributed by atoms with Crippen molar-refractivity contribution in [2.45, 2.75) is 44.6 Å². The van der Waals surface area contributed by atoms with Crippen LogP contribution in [0.2, 0.25) is 0 Å². The summed E-state index contributed by atoms with van der Waals surface area (Å²) in [7, 11) is -1.09. The molecule has 1 fully saturated rings. The van der Waals surface area contributed by atoms with Crippen LogP contribution in [0, 0.1) is 6.92 Å². The molecule has 2 aromatic carbocycles. The van der Waals surface area contributed by atoms with Gasteiger partial charge in [0.25, 0.3) is 0 Å². The Morgan fingerprint density at radius 1 is 1.10 bits per heavy atom. The van der Waals surface area contributed by atoms with Crippen LogP contribution in [-0.2, 0) is 33.2 Å². The van der Waals surface area contributed by atoms with E-state index in [-0.39, 0.29) is 25.2 Å². The van der Waals surface area contributed by atoms with Crippen LogP contribution in [-0.4, -0.2) is 67.8 Å². The first-order valence-corrected chi connectivity index (χ1v) is 15.2. The minimum absolute atomic E-state index is 0.0191. The lowest BCUT2D eigenvalue weighted by molar-refractivity contribution is -0.134. The number of nitrogens with zero attached hydrogens (tertiary/aromatic N) is 3. The molecule has 0 unspecified atom stereocenters. The summed E-state index contributed by atoms with van der Waals surface area (Å²) in [5, 5.41) is 0.603. The zero-order valence-electron chi connectivity index (χ0n) is 23.6. The van der Waals surface area contributed by atoms with Crippen LogP contribution >= 0.6 is 11.3 Å². The molecule has 0 aliphatic heterocycles. The molecule has 0 bridgehead atoms. The standard InChI is InChI=1S/C29H35N3O5S2/c1-21-27(25(33)20-39(35,36)31(2)3)30-26(38-21)19-32(18-8-11-22-9-6-5-7-10-22)28(34)29(16-17-29)23-12-14-24(37-4)15-13-23/h5-7,9-10,12-15H,8,11,16-20H2,1-4H3/i4D. The van der Waals surface area contributed by atoms with Gasteiger partial charge in [0.05, 0.1) is 20.4 Å². The topological polar surface area (TPSA) is 96.9 Å². The maximum Gasteiger partial charge on any atom is 0.233 e. The summed E-state index contributed by atoms with van der Waals surface area (Å²) in [5.41, 5.74) is 1.65. The summed E-state index contributed by atoms with van der Waals surface area (Å²) in [6.07, 6.45) is 3.06.